The molecule has 0 radical (unpaired) electrons. The molecule has 2 aromatic rings. The van der Waals surface area contributed by atoms with Crippen molar-refractivity contribution >= 4 is 17.4 Å². The van der Waals surface area contributed by atoms with Gasteiger partial charge in [0.15, 0.2) is 0 Å². The highest BCUT2D eigenvalue weighted by Gasteiger charge is 2.11. The van der Waals surface area contributed by atoms with E-state index in [1.54, 1.807) is 32.4 Å². The summed E-state index contributed by atoms with van der Waals surface area (Å²) in [5, 5.41) is 3.75. The number of benzene rings is 1. The third-order valence-electron chi connectivity index (χ3n) is 3.28. The molecule has 0 unspecified atom stereocenters. The van der Waals surface area contributed by atoms with Crippen LogP contribution in [0.3, 0.4) is 0 Å². The van der Waals surface area contributed by atoms with Crippen molar-refractivity contribution in [2.24, 2.45) is 0 Å². The Morgan fingerprint density at radius 2 is 2.13 bits per heavy atom. The van der Waals surface area contributed by atoms with E-state index in [9.17, 15) is 4.79 Å². The van der Waals surface area contributed by atoms with Crippen LogP contribution in [0.25, 0.3) is 10.6 Å². The second-order valence-corrected chi connectivity index (χ2v) is 6.02. The van der Waals surface area contributed by atoms with Gasteiger partial charge in [-0.1, -0.05) is 12.1 Å². The molecule has 7 heteroatoms. The minimum Gasteiger partial charge on any atom is -0.496 e. The van der Waals surface area contributed by atoms with Gasteiger partial charge in [-0.15, -0.1) is 11.3 Å². The van der Waals surface area contributed by atoms with Crippen molar-refractivity contribution in [3.8, 4) is 16.3 Å². The number of thiazole rings is 1. The summed E-state index contributed by atoms with van der Waals surface area (Å²) < 4.78 is 10.3. The number of rotatable bonds is 7. The first kappa shape index (κ1) is 17.2. The molecule has 1 N–H and O–H groups in total. The Kier molecular flexibility index (Phi) is 6.37. The van der Waals surface area contributed by atoms with E-state index in [1.165, 1.54) is 11.3 Å². The van der Waals surface area contributed by atoms with Gasteiger partial charge < -0.3 is 19.7 Å². The first-order valence-corrected chi connectivity index (χ1v) is 8.03. The highest BCUT2D eigenvalue weighted by atomic mass is 32.1. The predicted molar refractivity (Wildman–Crippen MR) is 90.8 cm³/mol. The lowest BCUT2D eigenvalue weighted by Gasteiger charge is -2.16. The van der Waals surface area contributed by atoms with Crippen LogP contribution in [0.5, 0.6) is 5.75 Å². The van der Waals surface area contributed by atoms with Gasteiger partial charge in [-0.2, -0.15) is 0 Å². The molecule has 23 heavy (non-hydrogen) atoms. The van der Waals surface area contributed by atoms with Crippen LogP contribution in [-0.2, 0) is 11.3 Å². The molecule has 0 saturated carbocycles. The van der Waals surface area contributed by atoms with Crippen molar-refractivity contribution in [2.75, 3.05) is 34.4 Å². The molecule has 0 aliphatic heterocycles. The van der Waals surface area contributed by atoms with Crippen molar-refractivity contribution in [3.05, 3.63) is 35.3 Å². The largest absolute Gasteiger partial charge is 0.496 e. The van der Waals surface area contributed by atoms with Crippen LogP contribution in [0.15, 0.2) is 30.5 Å². The molecule has 0 saturated heterocycles. The number of amides is 2. The molecule has 124 valence electrons. The van der Waals surface area contributed by atoms with E-state index in [2.05, 4.69) is 10.3 Å². The molecule has 0 atom stereocenters. The van der Waals surface area contributed by atoms with E-state index in [4.69, 9.17) is 9.47 Å². The second kappa shape index (κ2) is 8.50. The van der Waals surface area contributed by atoms with E-state index in [0.717, 1.165) is 21.2 Å². The standard InChI is InChI=1S/C16H21N3O3S/c1-19(8-9-21-2)16(20)18-11-12-10-17-15(23-12)13-6-4-5-7-14(13)22-3/h4-7,10H,8-9,11H2,1-3H3,(H,18,20). The van der Waals surface area contributed by atoms with E-state index >= 15 is 0 Å². The summed E-state index contributed by atoms with van der Waals surface area (Å²) in [6, 6.07) is 7.62. The molecular weight excluding hydrogens is 314 g/mol. The summed E-state index contributed by atoms with van der Waals surface area (Å²) in [7, 11) is 4.99. The molecular formula is C16H21N3O3S. The number of methoxy groups -OCH3 is 2. The summed E-state index contributed by atoms with van der Waals surface area (Å²) in [5.74, 6) is 0.789. The van der Waals surface area contributed by atoms with Crippen molar-refractivity contribution < 1.29 is 14.3 Å². The monoisotopic (exact) mass is 335 g/mol. The number of carbonyl (C=O) groups is 1. The first-order chi connectivity index (χ1) is 11.2. The fourth-order valence-corrected chi connectivity index (χ4v) is 2.84. The fourth-order valence-electron chi connectivity index (χ4n) is 1.96. The van der Waals surface area contributed by atoms with E-state index in [1.807, 2.05) is 24.3 Å². The first-order valence-electron chi connectivity index (χ1n) is 7.21. The number of urea groups is 1. The summed E-state index contributed by atoms with van der Waals surface area (Å²) >= 11 is 1.54. The van der Waals surface area contributed by atoms with Crippen LogP contribution < -0.4 is 10.1 Å². The maximum absolute atomic E-state index is 11.9. The van der Waals surface area contributed by atoms with E-state index in [0.29, 0.717) is 19.7 Å². The van der Waals surface area contributed by atoms with Gasteiger partial charge in [0.2, 0.25) is 0 Å². The Hall–Kier alpha value is -2.12. The number of ether oxygens (including phenoxy) is 2. The number of aromatic nitrogens is 1. The van der Waals surface area contributed by atoms with Crippen LogP contribution in [0.2, 0.25) is 0 Å². The summed E-state index contributed by atoms with van der Waals surface area (Å²) in [6.07, 6.45) is 1.78. The average molecular weight is 335 g/mol. The van der Waals surface area contributed by atoms with Gasteiger partial charge in [0.05, 0.1) is 25.8 Å². The van der Waals surface area contributed by atoms with Gasteiger partial charge in [-0.05, 0) is 12.1 Å². The highest BCUT2D eigenvalue weighted by Crippen LogP contribution is 2.32. The van der Waals surface area contributed by atoms with E-state index in [-0.39, 0.29) is 6.03 Å². The van der Waals surface area contributed by atoms with E-state index < -0.39 is 0 Å². The van der Waals surface area contributed by atoms with Crippen LogP contribution in [0.1, 0.15) is 4.88 Å². The minimum atomic E-state index is -0.130. The van der Waals surface area contributed by atoms with Crippen molar-refractivity contribution in [3.63, 3.8) is 0 Å². The molecule has 0 fully saturated rings. The molecule has 2 amide bonds. The van der Waals surface area contributed by atoms with Crippen LogP contribution >= 0.6 is 11.3 Å². The smallest absolute Gasteiger partial charge is 0.317 e. The number of hydrogen-bond donors (Lipinski definition) is 1. The van der Waals surface area contributed by atoms with Crippen molar-refractivity contribution in [2.45, 2.75) is 6.54 Å². The molecule has 0 aliphatic rings. The zero-order valence-electron chi connectivity index (χ0n) is 13.5. The quantitative estimate of drug-likeness (QED) is 0.845. The lowest BCUT2D eigenvalue weighted by molar-refractivity contribution is 0.159. The summed E-state index contributed by atoms with van der Waals surface area (Å²) in [4.78, 5) is 18.9. The number of nitrogens with zero attached hydrogens (tertiary/aromatic N) is 2. The molecule has 1 heterocycles. The topological polar surface area (TPSA) is 63.7 Å². The maximum atomic E-state index is 11.9. The maximum Gasteiger partial charge on any atom is 0.317 e. The Labute approximate surface area is 140 Å². The fraction of sp³-hybridized carbons (Fsp3) is 0.375. The predicted octanol–water partition coefficient (Wildman–Crippen LogP) is 2.61. The number of para-hydroxylation sites is 1. The van der Waals surface area contributed by atoms with Gasteiger partial charge in [-0.25, -0.2) is 9.78 Å². The van der Waals surface area contributed by atoms with Crippen LogP contribution in [0, 0.1) is 0 Å². The third kappa shape index (κ3) is 4.67. The molecule has 0 bridgehead atoms. The molecule has 6 nitrogen and oxygen atoms in total. The second-order valence-electron chi connectivity index (χ2n) is 4.91. The lowest BCUT2D eigenvalue weighted by Crippen LogP contribution is -2.38. The Morgan fingerprint density at radius 1 is 1.35 bits per heavy atom. The zero-order chi connectivity index (χ0) is 16.7. The van der Waals surface area contributed by atoms with Gasteiger partial charge in [-0.3, -0.25) is 0 Å². The van der Waals surface area contributed by atoms with Crippen LogP contribution in [-0.4, -0.2) is 50.3 Å². The number of likely N-dealkylation sites (N-methyl/N-ethyl adjacent to an activating group) is 1. The summed E-state index contributed by atoms with van der Waals surface area (Å²) in [5.41, 5.74) is 0.954. The van der Waals surface area contributed by atoms with Gasteiger partial charge in [0, 0.05) is 31.8 Å². The number of nitrogens with one attached hydrogen (secondary N) is 1. The minimum absolute atomic E-state index is 0.130. The SMILES string of the molecule is COCCN(C)C(=O)NCc1cnc(-c2ccccc2OC)s1. The van der Waals surface area contributed by atoms with Crippen molar-refractivity contribution in [1.29, 1.82) is 0 Å². The average Bonchev–Trinajstić information content (AvgIpc) is 3.06. The molecule has 0 aliphatic carbocycles. The zero-order valence-corrected chi connectivity index (χ0v) is 14.4. The Balaban J connectivity index is 1.96. The Bertz CT molecular complexity index is 645. The Morgan fingerprint density at radius 3 is 2.87 bits per heavy atom. The molecule has 2 rings (SSSR count). The van der Waals surface area contributed by atoms with Gasteiger partial charge in [0.25, 0.3) is 0 Å². The lowest BCUT2D eigenvalue weighted by atomic mass is 10.2. The molecule has 1 aromatic carbocycles. The number of carbonyl (C=O) groups excluding carboxylic acids is 1. The summed E-state index contributed by atoms with van der Waals surface area (Å²) in [6.45, 7) is 1.52. The van der Waals surface area contributed by atoms with Crippen LogP contribution in [0.4, 0.5) is 4.79 Å². The highest BCUT2D eigenvalue weighted by molar-refractivity contribution is 7.15. The van der Waals surface area contributed by atoms with Gasteiger partial charge in [0.1, 0.15) is 10.8 Å². The van der Waals surface area contributed by atoms with Crippen molar-refractivity contribution in [1.82, 2.24) is 15.2 Å². The number of hydrogen-bond acceptors (Lipinski definition) is 5. The van der Waals surface area contributed by atoms with Gasteiger partial charge >= 0.3 is 6.03 Å². The molecule has 1 aromatic heterocycles. The molecule has 0 spiro atoms. The third-order valence-corrected chi connectivity index (χ3v) is 4.31. The normalized spacial score (nSPS) is 10.4.